The third kappa shape index (κ3) is 4.59. The first-order valence-electron chi connectivity index (χ1n) is 11.8. The van der Waals surface area contributed by atoms with Crippen LogP contribution in [0.5, 0.6) is 5.75 Å². The molecule has 1 N–H and O–H groups in total. The highest BCUT2D eigenvalue weighted by atomic mass is 19.1. The van der Waals surface area contributed by atoms with Crippen molar-refractivity contribution in [3.8, 4) is 17.0 Å². The van der Waals surface area contributed by atoms with Crippen LogP contribution in [0.2, 0.25) is 0 Å². The topological polar surface area (TPSA) is 59.5 Å². The molecule has 3 atom stereocenters. The van der Waals surface area contributed by atoms with Crippen LogP contribution in [0.4, 0.5) is 10.2 Å². The molecular weight excluding hydrogens is 407 g/mol. The van der Waals surface area contributed by atoms with E-state index >= 15 is 0 Å². The molecule has 0 amide bonds. The molecule has 1 aromatic heterocycles. The van der Waals surface area contributed by atoms with Gasteiger partial charge in [0, 0.05) is 50.5 Å². The Morgan fingerprint density at radius 3 is 2.59 bits per heavy atom. The van der Waals surface area contributed by atoms with Crippen molar-refractivity contribution in [2.75, 3.05) is 45.3 Å². The van der Waals surface area contributed by atoms with Gasteiger partial charge in [-0.3, -0.25) is 0 Å². The maximum absolute atomic E-state index is 13.7. The van der Waals surface area contributed by atoms with E-state index in [1.54, 1.807) is 13.2 Å². The summed E-state index contributed by atoms with van der Waals surface area (Å²) < 4.78 is 24.8. The number of aromatic nitrogens is 2. The van der Waals surface area contributed by atoms with Crippen LogP contribution in [0.1, 0.15) is 31.2 Å². The van der Waals surface area contributed by atoms with E-state index < -0.39 is 0 Å². The minimum Gasteiger partial charge on any atom is -0.493 e. The fourth-order valence-corrected chi connectivity index (χ4v) is 5.78. The number of hydrogen-bond acceptors (Lipinski definition) is 6. The standard InChI is InChI=1S/C25H33FN4O2/c1-16-3-4-20(26)11-22(16)23-12-24(31-2)25(29-28-23)27-21-9-18-14-30(15-19(18)10-21)13-17-5-7-32-8-6-17/h3-4,11-12,17-19,21H,5-10,13-15H2,1-2H3,(H,27,29)/t18-,19+,21+. The summed E-state index contributed by atoms with van der Waals surface area (Å²) in [5, 5.41) is 12.4. The predicted molar refractivity (Wildman–Crippen MR) is 122 cm³/mol. The quantitative estimate of drug-likeness (QED) is 0.728. The second kappa shape index (κ2) is 9.32. The van der Waals surface area contributed by atoms with Gasteiger partial charge in [-0.15, -0.1) is 10.2 Å². The van der Waals surface area contributed by atoms with Crippen LogP contribution < -0.4 is 10.1 Å². The molecule has 0 radical (unpaired) electrons. The molecular formula is C25H33FN4O2. The Labute approximate surface area is 189 Å². The first-order valence-corrected chi connectivity index (χ1v) is 11.8. The number of ether oxygens (including phenoxy) is 2. The zero-order valence-electron chi connectivity index (χ0n) is 19.0. The molecule has 5 rings (SSSR count). The lowest BCUT2D eigenvalue weighted by molar-refractivity contribution is 0.0545. The Hall–Kier alpha value is -2.25. The maximum Gasteiger partial charge on any atom is 0.191 e. The number of halogens is 1. The second-order valence-electron chi connectivity index (χ2n) is 9.71. The lowest BCUT2D eigenvalue weighted by atomic mass is 10.00. The average molecular weight is 441 g/mol. The molecule has 6 nitrogen and oxygen atoms in total. The summed E-state index contributed by atoms with van der Waals surface area (Å²) in [4.78, 5) is 2.68. The number of likely N-dealkylation sites (tertiary alicyclic amines) is 1. The number of nitrogens with one attached hydrogen (secondary N) is 1. The molecule has 0 spiro atoms. The zero-order chi connectivity index (χ0) is 22.1. The first kappa shape index (κ1) is 21.6. The lowest BCUT2D eigenvalue weighted by Crippen LogP contribution is -2.32. The highest BCUT2D eigenvalue weighted by Crippen LogP contribution is 2.40. The van der Waals surface area contributed by atoms with Crippen LogP contribution in [0, 0.1) is 30.5 Å². The number of rotatable bonds is 6. The van der Waals surface area contributed by atoms with Crippen molar-refractivity contribution in [3.05, 3.63) is 35.6 Å². The molecule has 2 aliphatic heterocycles. The van der Waals surface area contributed by atoms with E-state index in [2.05, 4.69) is 20.4 Å². The van der Waals surface area contributed by atoms with Crippen LogP contribution >= 0.6 is 0 Å². The smallest absolute Gasteiger partial charge is 0.191 e. The average Bonchev–Trinajstić information content (AvgIpc) is 3.34. The number of methoxy groups -OCH3 is 1. The van der Waals surface area contributed by atoms with E-state index in [4.69, 9.17) is 9.47 Å². The predicted octanol–water partition coefficient (Wildman–Crippen LogP) is 4.15. The van der Waals surface area contributed by atoms with Crippen LogP contribution in [-0.4, -0.2) is 61.1 Å². The molecule has 3 fully saturated rings. The number of fused-ring (bicyclic) bond motifs is 1. The summed E-state index contributed by atoms with van der Waals surface area (Å²) in [6, 6.07) is 6.95. The fourth-order valence-electron chi connectivity index (χ4n) is 5.78. The van der Waals surface area contributed by atoms with Gasteiger partial charge in [0.15, 0.2) is 11.6 Å². The van der Waals surface area contributed by atoms with Gasteiger partial charge in [0.1, 0.15) is 5.82 Å². The molecule has 2 aromatic rings. The van der Waals surface area contributed by atoms with Crippen molar-refractivity contribution in [2.45, 2.75) is 38.6 Å². The molecule has 1 aliphatic carbocycles. The van der Waals surface area contributed by atoms with Crippen molar-refractivity contribution >= 4 is 5.82 Å². The molecule has 7 heteroatoms. The first-order chi connectivity index (χ1) is 15.6. The summed E-state index contributed by atoms with van der Waals surface area (Å²) in [6.45, 7) is 7.45. The highest BCUT2D eigenvalue weighted by Gasteiger charge is 2.41. The summed E-state index contributed by atoms with van der Waals surface area (Å²) in [5.74, 6) is 3.35. The highest BCUT2D eigenvalue weighted by molar-refractivity contribution is 5.67. The van der Waals surface area contributed by atoms with Crippen molar-refractivity contribution in [2.24, 2.45) is 17.8 Å². The SMILES string of the molecule is COc1cc(-c2cc(F)ccc2C)nnc1N[C@H]1C[C@@H]2CN(CC3CCOCC3)C[C@@H]2C1. The molecule has 3 heterocycles. The Morgan fingerprint density at radius 2 is 1.88 bits per heavy atom. The van der Waals surface area contributed by atoms with Crippen LogP contribution in [0.15, 0.2) is 24.3 Å². The van der Waals surface area contributed by atoms with Crippen molar-refractivity contribution in [3.63, 3.8) is 0 Å². The molecule has 172 valence electrons. The minimum atomic E-state index is -0.281. The number of nitrogens with zero attached hydrogens (tertiary/aromatic N) is 3. The third-order valence-electron chi connectivity index (χ3n) is 7.48. The number of anilines is 1. The number of hydrogen-bond donors (Lipinski definition) is 1. The van der Waals surface area contributed by atoms with Crippen LogP contribution in [0.3, 0.4) is 0 Å². The van der Waals surface area contributed by atoms with E-state index in [0.29, 0.717) is 23.3 Å². The number of benzene rings is 1. The van der Waals surface area contributed by atoms with Gasteiger partial charge in [0.05, 0.1) is 12.8 Å². The largest absolute Gasteiger partial charge is 0.493 e. The summed E-state index contributed by atoms with van der Waals surface area (Å²) in [7, 11) is 1.64. The van der Waals surface area contributed by atoms with Crippen molar-refractivity contribution < 1.29 is 13.9 Å². The van der Waals surface area contributed by atoms with Crippen LogP contribution in [0.25, 0.3) is 11.3 Å². The van der Waals surface area contributed by atoms with Crippen LogP contribution in [-0.2, 0) is 4.74 Å². The van der Waals surface area contributed by atoms with Crippen molar-refractivity contribution in [1.29, 1.82) is 0 Å². The van der Waals surface area contributed by atoms with E-state index in [9.17, 15) is 4.39 Å². The monoisotopic (exact) mass is 440 g/mol. The van der Waals surface area contributed by atoms with Gasteiger partial charge >= 0.3 is 0 Å². The molecule has 1 aromatic carbocycles. The van der Waals surface area contributed by atoms with Gasteiger partial charge in [-0.2, -0.15) is 0 Å². The Morgan fingerprint density at radius 1 is 1.12 bits per heavy atom. The van der Waals surface area contributed by atoms with E-state index in [-0.39, 0.29) is 5.82 Å². The van der Waals surface area contributed by atoms with Gasteiger partial charge in [-0.1, -0.05) is 6.07 Å². The van der Waals surface area contributed by atoms with E-state index in [1.165, 1.54) is 44.6 Å². The fraction of sp³-hybridized carbons (Fsp3) is 0.600. The van der Waals surface area contributed by atoms with E-state index in [1.807, 2.05) is 13.0 Å². The Kier molecular flexibility index (Phi) is 6.28. The molecule has 0 bridgehead atoms. The molecule has 2 saturated heterocycles. The third-order valence-corrected chi connectivity index (χ3v) is 7.48. The molecule has 3 aliphatic rings. The zero-order valence-corrected chi connectivity index (χ0v) is 19.0. The maximum atomic E-state index is 13.7. The number of aryl methyl sites for hydroxylation is 1. The van der Waals surface area contributed by atoms with Crippen molar-refractivity contribution in [1.82, 2.24) is 15.1 Å². The Bertz CT molecular complexity index is 936. The summed E-state index contributed by atoms with van der Waals surface area (Å²) in [5.41, 5.74) is 2.32. The van der Waals surface area contributed by atoms with Gasteiger partial charge in [-0.25, -0.2) is 4.39 Å². The van der Waals surface area contributed by atoms with E-state index in [0.717, 1.165) is 54.9 Å². The van der Waals surface area contributed by atoms with Gasteiger partial charge < -0.3 is 19.7 Å². The minimum absolute atomic E-state index is 0.281. The Balaban J connectivity index is 1.21. The van der Waals surface area contributed by atoms with Gasteiger partial charge in [0.25, 0.3) is 0 Å². The second-order valence-corrected chi connectivity index (χ2v) is 9.71. The van der Waals surface area contributed by atoms with Gasteiger partial charge in [-0.05, 0) is 68.1 Å². The lowest BCUT2D eigenvalue weighted by Gasteiger charge is -2.27. The molecule has 1 saturated carbocycles. The van der Waals surface area contributed by atoms with Gasteiger partial charge in [0.2, 0.25) is 0 Å². The molecule has 0 unspecified atom stereocenters. The normalized spacial score (nSPS) is 26.3. The summed E-state index contributed by atoms with van der Waals surface area (Å²) in [6.07, 6.45) is 4.73. The summed E-state index contributed by atoms with van der Waals surface area (Å²) >= 11 is 0. The molecule has 32 heavy (non-hydrogen) atoms.